The molecule has 1 fully saturated rings. The van der Waals surface area contributed by atoms with Gasteiger partial charge in [0.25, 0.3) is 0 Å². The van der Waals surface area contributed by atoms with Gasteiger partial charge in [-0.05, 0) is 17.0 Å². The summed E-state index contributed by atoms with van der Waals surface area (Å²) in [7, 11) is 0. The van der Waals surface area contributed by atoms with Crippen LogP contribution in [0.1, 0.15) is 10.4 Å². The molecule has 0 bridgehead atoms. The first-order valence-electron chi connectivity index (χ1n) is 6.44. The zero-order chi connectivity index (χ0) is 14.5. The Morgan fingerprint density at radius 1 is 1.19 bits per heavy atom. The Morgan fingerprint density at radius 3 is 2.81 bits per heavy atom. The zero-order valence-electron chi connectivity index (χ0n) is 11.2. The second-order valence-corrected chi connectivity index (χ2v) is 6.32. The summed E-state index contributed by atoms with van der Waals surface area (Å²) in [5.74, 6) is 0.508. The monoisotopic (exact) mass is 315 g/mol. The number of amides is 1. The highest BCUT2D eigenvalue weighted by molar-refractivity contribution is 8.15. The van der Waals surface area contributed by atoms with E-state index in [1.165, 1.54) is 11.8 Å². The van der Waals surface area contributed by atoms with Crippen LogP contribution in [0.2, 0.25) is 0 Å². The molecule has 0 spiro atoms. The molecule has 1 saturated heterocycles. The molecule has 21 heavy (non-hydrogen) atoms. The predicted octanol–water partition coefficient (Wildman–Crippen LogP) is 3.21. The van der Waals surface area contributed by atoms with Gasteiger partial charge in [-0.3, -0.25) is 9.69 Å². The number of nitrogens with zero attached hydrogens (tertiary/aromatic N) is 3. The minimum atomic E-state index is 0.0777. The lowest BCUT2D eigenvalue weighted by molar-refractivity contribution is -0.124. The van der Waals surface area contributed by atoms with Crippen LogP contribution >= 0.6 is 23.1 Å². The Hall–Kier alpha value is -1.92. The first kappa shape index (κ1) is 14.0. The van der Waals surface area contributed by atoms with Gasteiger partial charge >= 0.3 is 0 Å². The van der Waals surface area contributed by atoms with E-state index in [4.69, 9.17) is 0 Å². The van der Waals surface area contributed by atoms with E-state index in [0.29, 0.717) is 17.5 Å². The molecule has 0 aliphatic carbocycles. The fourth-order valence-electron chi connectivity index (χ4n) is 1.89. The highest BCUT2D eigenvalue weighted by Crippen LogP contribution is 2.22. The molecular formula is C15H13N3OS2. The fourth-order valence-corrected chi connectivity index (χ4v) is 3.31. The van der Waals surface area contributed by atoms with Crippen LogP contribution in [0.25, 0.3) is 0 Å². The standard InChI is InChI=1S/C15H13N3OS2/c19-14-11-21-15(17-16-9-13-7-4-8-20-13)18(14)10-12-5-2-1-3-6-12/h1-9H,10-11H2/b16-9+,17-15-. The number of hydrogen-bond acceptors (Lipinski definition) is 5. The van der Waals surface area contributed by atoms with Crippen LogP contribution in [0.3, 0.4) is 0 Å². The summed E-state index contributed by atoms with van der Waals surface area (Å²) in [5.41, 5.74) is 1.09. The Balaban J connectivity index is 1.73. The van der Waals surface area contributed by atoms with Crippen molar-refractivity contribution >= 4 is 40.4 Å². The largest absolute Gasteiger partial charge is 0.285 e. The van der Waals surface area contributed by atoms with E-state index < -0.39 is 0 Å². The molecule has 0 unspecified atom stereocenters. The van der Waals surface area contributed by atoms with Crippen LogP contribution in [0.5, 0.6) is 0 Å². The van der Waals surface area contributed by atoms with E-state index in [9.17, 15) is 4.79 Å². The van der Waals surface area contributed by atoms with Crippen LogP contribution in [-0.4, -0.2) is 27.9 Å². The summed E-state index contributed by atoms with van der Waals surface area (Å²) in [5, 5.41) is 10.9. The van der Waals surface area contributed by atoms with Crippen molar-refractivity contribution in [1.29, 1.82) is 0 Å². The Kier molecular flexibility index (Phi) is 4.47. The predicted molar refractivity (Wildman–Crippen MR) is 88.8 cm³/mol. The number of carbonyl (C=O) groups is 1. The molecule has 6 heteroatoms. The van der Waals surface area contributed by atoms with E-state index in [1.54, 1.807) is 22.5 Å². The van der Waals surface area contributed by atoms with Crippen molar-refractivity contribution in [3.8, 4) is 0 Å². The second kappa shape index (κ2) is 6.69. The number of benzene rings is 1. The third-order valence-corrected chi connectivity index (χ3v) is 4.67. The molecule has 1 aliphatic heterocycles. The van der Waals surface area contributed by atoms with Gasteiger partial charge in [-0.15, -0.1) is 16.4 Å². The van der Waals surface area contributed by atoms with Crippen LogP contribution in [0.15, 0.2) is 58.0 Å². The Morgan fingerprint density at radius 2 is 2.05 bits per heavy atom. The molecule has 1 aromatic carbocycles. The minimum absolute atomic E-state index is 0.0777. The molecule has 0 atom stereocenters. The number of hydrogen-bond donors (Lipinski definition) is 0. The van der Waals surface area contributed by atoms with E-state index in [2.05, 4.69) is 10.2 Å². The molecule has 3 rings (SSSR count). The molecule has 1 amide bonds. The van der Waals surface area contributed by atoms with Crippen molar-refractivity contribution in [2.24, 2.45) is 10.2 Å². The van der Waals surface area contributed by atoms with Crippen molar-refractivity contribution in [3.63, 3.8) is 0 Å². The maximum absolute atomic E-state index is 12.0. The topological polar surface area (TPSA) is 45.0 Å². The van der Waals surface area contributed by atoms with E-state index in [1.807, 2.05) is 47.8 Å². The first-order chi connectivity index (χ1) is 10.3. The maximum atomic E-state index is 12.0. The quantitative estimate of drug-likeness (QED) is 0.642. The summed E-state index contributed by atoms with van der Waals surface area (Å²) < 4.78 is 0. The van der Waals surface area contributed by atoms with Crippen LogP contribution in [0, 0.1) is 0 Å². The average molecular weight is 315 g/mol. The molecule has 106 valence electrons. The van der Waals surface area contributed by atoms with Gasteiger partial charge in [0.1, 0.15) is 0 Å². The normalized spacial score (nSPS) is 17.2. The van der Waals surface area contributed by atoms with Crippen LogP contribution < -0.4 is 0 Å². The average Bonchev–Trinajstić information content (AvgIpc) is 3.13. The number of rotatable bonds is 4. The lowest BCUT2D eigenvalue weighted by Crippen LogP contribution is -2.28. The van der Waals surface area contributed by atoms with Gasteiger partial charge in [0.15, 0.2) is 5.17 Å². The van der Waals surface area contributed by atoms with Gasteiger partial charge in [0, 0.05) is 4.88 Å². The van der Waals surface area contributed by atoms with Gasteiger partial charge in [-0.1, -0.05) is 48.2 Å². The van der Waals surface area contributed by atoms with Crippen LogP contribution in [0.4, 0.5) is 0 Å². The van der Waals surface area contributed by atoms with Crippen molar-refractivity contribution < 1.29 is 4.79 Å². The molecule has 1 aliphatic rings. The highest BCUT2D eigenvalue weighted by Gasteiger charge is 2.28. The van der Waals surface area contributed by atoms with Crippen molar-refractivity contribution in [2.45, 2.75) is 6.54 Å². The minimum Gasteiger partial charge on any atom is -0.285 e. The summed E-state index contributed by atoms with van der Waals surface area (Å²) >= 11 is 3.03. The van der Waals surface area contributed by atoms with Gasteiger partial charge in [0.05, 0.1) is 18.5 Å². The van der Waals surface area contributed by atoms with E-state index in [0.717, 1.165) is 10.4 Å². The lowest BCUT2D eigenvalue weighted by atomic mass is 10.2. The van der Waals surface area contributed by atoms with E-state index >= 15 is 0 Å². The fraction of sp³-hybridized carbons (Fsp3) is 0.133. The van der Waals surface area contributed by atoms with Gasteiger partial charge < -0.3 is 0 Å². The smallest absolute Gasteiger partial charge is 0.239 e. The van der Waals surface area contributed by atoms with Crippen molar-refractivity contribution in [2.75, 3.05) is 5.75 Å². The number of thiophene rings is 1. The van der Waals surface area contributed by atoms with Gasteiger partial charge in [0.2, 0.25) is 5.91 Å². The maximum Gasteiger partial charge on any atom is 0.239 e. The molecular weight excluding hydrogens is 302 g/mol. The molecule has 1 aromatic heterocycles. The zero-order valence-corrected chi connectivity index (χ0v) is 12.8. The Labute approximate surface area is 131 Å². The molecule has 0 N–H and O–H groups in total. The summed E-state index contributed by atoms with van der Waals surface area (Å²) in [6, 6.07) is 13.8. The van der Waals surface area contributed by atoms with Crippen molar-refractivity contribution in [3.05, 3.63) is 58.3 Å². The van der Waals surface area contributed by atoms with Gasteiger partial charge in [-0.2, -0.15) is 5.10 Å². The molecule has 2 heterocycles. The third kappa shape index (κ3) is 3.59. The number of thioether (sulfide) groups is 1. The number of carbonyl (C=O) groups excluding carboxylic acids is 1. The summed E-state index contributed by atoms with van der Waals surface area (Å²) in [6.45, 7) is 0.542. The molecule has 0 saturated carbocycles. The SMILES string of the molecule is O=C1CS/C(=N\N=C\c2cccs2)N1Cc1ccccc1. The Bertz CT molecular complexity index is 665. The molecule has 2 aromatic rings. The highest BCUT2D eigenvalue weighted by atomic mass is 32.2. The van der Waals surface area contributed by atoms with Crippen molar-refractivity contribution in [1.82, 2.24) is 4.90 Å². The molecule has 0 radical (unpaired) electrons. The summed E-state index contributed by atoms with van der Waals surface area (Å²) in [6.07, 6.45) is 1.71. The third-order valence-electron chi connectivity index (χ3n) is 2.91. The lowest BCUT2D eigenvalue weighted by Gasteiger charge is -2.14. The van der Waals surface area contributed by atoms with Gasteiger partial charge in [-0.25, -0.2) is 0 Å². The second-order valence-electron chi connectivity index (χ2n) is 4.40. The summed E-state index contributed by atoms with van der Waals surface area (Å²) in [4.78, 5) is 14.7. The van der Waals surface area contributed by atoms with E-state index in [-0.39, 0.29) is 5.91 Å². The first-order valence-corrected chi connectivity index (χ1v) is 8.31. The van der Waals surface area contributed by atoms with Crippen LogP contribution in [-0.2, 0) is 11.3 Å². The number of amidine groups is 1. The molecule has 4 nitrogen and oxygen atoms in total.